The SMILES string of the molecule is CCCCC/C=C\C/C=C\C/C=C\C/C=C\CCCC(=O)OC[C@@H](O)COP(=O)(O)O[C@H]1C(O)C(O)C(O)[C@@H](O)C1O. The van der Waals surface area contributed by atoms with Crippen LogP contribution in [0.2, 0.25) is 0 Å². The van der Waals surface area contributed by atoms with Crippen LogP contribution >= 0.6 is 7.82 Å². The van der Waals surface area contributed by atoms with E-state index in [1.165, 1.54) is 19.3 Å². The molecule has 7 N–H and O–H groups in total. The van der Waals surface area contributed by atoms with Gasteiger partial charge in [0.05, 0.1) is 6.61 Å². The summed E-state index contributed by atoms with van der Waals surface area (Å²) in [5.41, 5.74) is 0. The van der Waals surface area contributed by atoms with Crippen LogP contribution in [-0.4, -0.2) is 97.4 Å². The third-order valence-corrected chi connectivity index (χ3v) is 7.39. The second-order valence-electron chi connectivity index (χ2n) is 10.1. The van der Waals surface area contributed by atoms with Crippen LogP contribution in [0, 0.1) is 0 Å². The number of hydrogen-bond acceptors (Lipinski definition) is 11. The summed E-state index contributed by atoms with van der Waals surface area (Å²) in [5.74, 6) is -0.566. The number of phosphoric ester groups is 1. The largest absolute Gasteiger partial charge is 0.472 e. The number of unbranched alkanes of at least 4 members (excludes halogenated alkanes) is 4. The molecule has 1 aliphatic carbocycles. The number of carbonyl (C=O) groups excluding carboxylic acids is 1. The number of hydrogen-bond donors (Lipinski definition) is 7. The number of carbonyl (C=O) groups is 1. The molecule has 242 valence electrons. The summed E-state index contributed by atoms with van der Waals surface area (Å²) in [5, 5.41) is 58.5. The zero-order valence-corrected chi connectivity index (χ0v) is 25.2. The van der Waals surface area contributed by atoms with Crippen LogP contribution in [0.25, 0.3) is 0 Å². The molecule has 1 fully saturated rings. The van der Waals surface area contributed by atoms with E-state index >= 15 is 0 Å². The fourth-order valence-electron chi connectivity index (χ4n) is 3.92. The van der Waals surface area contributed by atoms with Crippen molar-refractivity contribution in [2.24, 2.45) is 0 Å². The quantitative estimate of drug-likeness (QED) is 0.0428. The first kappa shape index (κ1) is 38.3. The van der Waals surface area contributed by atoms with E-state index in [9.17, 15) is 44.9 Å². The molecule has 0 heterocycles. The summed E-state index contributed by atoms with van der Waals surface area (Å²) in [4.78, 5) is 21.7. The van der Waals surface area contributed by atoms with E-state index < -0.39 is 69.7 Å². The van der Waals surface area contributed by atoms with E-state index in [0.29, 0.717) is 12.8 Å². The molecule has 0 aliphatic heterocycles. The molecule has 0 amide bonds. The average molecular weight is 621 g/mol. The van der Waals surface area contributed by atoms with Gasteiger partial charge in [-0.05, 0) is 44.9 Å². The Bertz CT molecular complexity index is 889. The molecule has 0 saturated heterocycles. The maximum Gasteiger partial charge on any atom is 0.472 e. The van der Waals surface area contributed by atoms with Crippen LogP contribution in [0.15, 0.2) is 48.6 Å². The number of aliphatic hydroxyl groups is 6. The molecule has 0 aromatic rings. The number of phosphoric acid groups is 1. The van der Waals surface area contributed by atoms with Gasteiger partial charge in [0.15, 0.2) is 0 Å². The molecule has 1 saturated carbocycles. The summed E-state index contributed by atoms with van der Waals surface area (Å²) < 4.78 is 26.3. The van der Waals surface area contributed by atoms with E-state index in [2.05, 4.69) is 52.4 Å². The van der Waals surface area contributed by atoms with Gasteiger partial charge in [0.25, 0.3) is 0 Å². The number of ether oxygens (including phenoxy) is 1. The third kappa shape index (κ3) is 16.2. The van der Waals surface area contributed by atoms with Gasteiger partial charge in [0.2, 0.25) is 0 Å². The lowest BCUT2D eigenvalue weighted by Crippen LogP contribution is -2.64. The lowest BCUT2D eigenvalue weighted by molar-refractivity contribution is -0.220. The molecular weight excluding hydrogens is 571 g/mol. The van der Waals surface area contributed by atoms with Crippen LogP contribution in [0.1, 0.15) is 71.1 Å². The van der Waals surface area contributed by atoms with Crippen LogP contribution in [-0.2, 0) is 23.1 Å². The first-order valence-electron chi connectivity index (χ1n) is 14.5. The molecule has 1 rings (SSSR count). The first-order chi connectivity index (χ1) is 20.0. The summed E-state index contributed by atoms with van der Waals surface area (Å²) in [6, 6.07) is 0. The highest BCUT2D eigenvalue weighted by atomic mass is 31.2. The Kier molecular flexibility index (Phi) is 20.0. The fourth-order valence-corrected chi connectivity index (χ4v) is 4.90. The fraction of sp³-hybridized carbons (Fsp3) is 0.690. The molecule has 0 aromatic heterocycles. The Morgan fingerprint density at radius 3 is 1.74 bits per heavy atom. The molecule has 42 heavy (non-hydrogen) atoms. The molecular formula is C29H49O12P. The van der Waals surface area contributed by atoms with Crippen molar-refractivity contribution in [3.63, 3.8) is 0 Å². The van der Waals surface area contributed by atoms with Crippen LogP contribution in [0.4, 0.5) is 0 Å². The number of esters is 1. The van der Waals surface area contributed by atoms with Crippen molar-refractivity contribution < 1.29 is 58.7 Å². The van der Waals surface area contributed by atoms with Crippen molar-refractivity contribution in [1.82, 2.24) is 0 Å². The van der Waals surface area contributed by atoms with Crippen molar-refractivity contribution in [2.75, 3.05) is 13.2 Å². The van der Waals surface area contributed by atoms with E-state index in [0.717, 1.165) is 25.7 Å². The minimum Gasteiger partial charge on any atom is -0.463 e. The third-order valence-electron chi connectivity index (χ3n) is 6.40. The molecule has 5 unspecified atom stereocenters. The highest BCUT2D eigenvalue weighted by Gasteiger charge is 2.51. The zero-order valence-electron chi connectivity index (χ0n) is 24.3. The molecule has 12 nitrogen and oxygen atoms in total. The van der Waals surface area contributed by atoms with Crippen LogP contribution in [0.3, 0.4) is 0 Å². The Hall–Kier alpha value is -1.70. The van der Waals surface area contributed by atoms with E-state index in [1.54, 1.807) is 0 Å². The smallest absolute Gasteiger partial charge is 0.463 e. The van der Waals surface area contributed by atoms with Gasteiger partial charge in [-0.3, -0.25) is 13.8 Å². The van der Waals surface area contributed by atoms with Gasteiger partial charge in [0, 0.05) is 6.42 Å². The van der Waals surface area contributed by atoms with E-state index in [1.807, 2.05) is 12.2 Å². The minimum atomic E-state index is -5.00. The monoisotopic (exact) mass is 620 g/mol. The standard InChI is InChI=1S/C29H49O12P/c1-2-3-4-5-6-7-8-9-10-11-12-13-14-15-16-17-18-19-23(31)39-20-22(30)21-40-42(37,38)41-29-27(35)25(33)24(32)26(34)28(29)36/h6-7,9-10,12-13,15-16,22,24-30,32-36H,2-5,8,11,14,17-21H2,1H3,(H,37,38)/b7-6-,10-9-,13-12-,16-15-/t22-,24?,25-,26?,27?,28?,29-/m1/s1. The Morgan fingerprint density at radius 2 is 1.21 bits per heavy atom. The lowest BCUT2D eigenvalue weighted by Gasteiger charge is -2.41. The molecule has 0 spiro atoms. The lowest BCUT2D eigenvalue weighted by atomic mass is 9.85. The summed E-state index contributed by atoms with van der Waals surface area (Å²) >= 11 is 0. The molecule has 0 aromatic carbocycles. The Labute approximate surface area is 248 Å². The maximum atomic E-state index is 12.1. The number of aliphatic hydroxyl groups excluding tert-OH is 6. The van der Waals surface area contributed by atoms with Gasteiger partial charge < -0.3 is 40.3 Å². The van der Waals surface area contributed by atoms with Crippen molar-refractivity contribution >= 4 is 13.8 Å². The average Bonchev–Trinajstić information content (AvgIpc) is 2.96. The summed E-state index contributed by atoms with van der Waals surface area (Å²) in [7, 11) is -5.00. The van der Waals surface area contributed by atoms with Gasteiger partial charge >= 0.3 is 13.8 Å². The van der Waals surface area contributed by atoms with Crippen LogP contribution < -0.4 is 0 Å². The predicted molar refractivity (Wildman–Crippen MR) is 156 cm³/mol. The van der Waals surface area contributed by atoms with E-state index in [-0.39, 0.29) is 6.42 Å². The molecule has 0 radical (unpaired) electrons. The van der Waals surface area contributed by atoms with Gasteiger partial charge in [-0.1, -0.05) is 68.4 Å². The maximum absolute atomic E-state index is 12.1. The van der Waals surface area contributed by atoms with Crippen molar-refractivity contribution in [3.05, 3.63) is 48.6 Å². The second-order valence-corrected chi connectivity index (χ2v) is 11.5. The predicted octanol–water partition coefficient (Wildman–Crippen LogP) is 2.36. The van der Waals surface area contributed by atoms with Gasteiger partial charge in [-0.25, -0.2) is 4.57 Å². The highest BCUT2D eigenvalue weighted by molar-refractivity contribution is 7.47. The van der Waals surface area contributed by atoms with Gasteiger partial charge in [0.1, 0.15) is 49.3 Å². The molecule has 0 bridgehead atoms. The van der Waals surface area contributed by atoms with Crippen molar-refractivity contribution in [1.29, 1.82) is 0 Å². The normalized spacial score (nSPS) is 27.3. The second kappa shape index (κ2) is 21.9. The van der Waals surface area contributed by atoms with Crippen molar-refractivity contribution in [2.45, 2.75) is 114 Å². The summed E-state index contributed by atoms with van der Waals surface area (Å²) in [6.45, 7) is 0.894. The minimum absolute atomic E-state index is 0.112. The highest BCUT2D eigenvalue weighted by Crippen LogP contribution is 2.47. The Balaban J connectivity index is 2.15. The number of rotatable bonds is 21. The topological polar surface area (TPSA) is 203 Å². The molecule has 13 heteroatoms. The molecule has 1 aliphatic rings. The van der Waals surface area contributed by atoms with Gasteiger partial charge in [-0.2, -0.15) is 0 Å². The number of allylic oxidation sites excluding steroid dienone is 8. The van der Waals surface area contributed by atoms with E-state index in [4.69, 9.17) is 4.74 Å². The Morgan fingerprint density at radius 1 is 0.738 bits per heavy atom. The molecule has 8 atom stereocenters. The zero-order chi connectivity index (χ0) is 31.4. The van der Waals surface area contributed by atoms with Gasteiger partial charge in [-0.15, -0.1) is 0 Å². The van der Waals surface area contributed by atoms with Crippen molar-refractivity contribution in [3.8, 4) is 0 Å². The van der Waals surface area contributed by atoms with Crippen LogP contribution in [0.5, 0.6) is 0 Å². The first-order valence-corrected chi connectivity index (χ1v) is 16.0. The summed E-state index contributed by atoms with van der Waals surface area (Å²) in [6.07, 6.45) is 12.5.